The molecular weight excluding hydrogens is 409 g/mol. The van der Waals surface area contributed by atoms with Crippen molar-refractivity contribution in [3.63, 3.8) is 0 Å². The minimum Gasteiger partial charge on any atom is -0.379 e. The molecule has 0 spiro atoms. The maximum Gasteiger partial charge on any atom is 0.247 e. The highest BCUT2D eigenvalue weighted by Gasteiger charge is 2.56. The van der Waals surface area contributed by atoms with Crippen LogP contribution < -0.4 is 10.4 Å². The molecule has 3 unspecified atom stereocenters. The van der Waals surface area contributed by atoms with Gasteiger partial charge in [0.1, 0.15) is 5.82 Å². The van der Waals surface area contributed by atoms with Gasteiger partial charge >= 0.3 is 0 Å². The van der Waals surface area contributed by atoms with Gasteiger partial charge in [0.15, 0.2) is 0 Å². The van der Waals surface area contributed by atoms with Crippen LogP contribution in [-0.4, -0.2) is 61.4 Å². The molecule has 172 valence electrons. The summed E-state index contributed by atoms with van der Waals surface area (Å²) in [5, 5.41) is 9.18. The Morgan fingerprint density at radius 2 is 1.84 bits per heavy atom. The Hall–Kier alpha value is -2.48. The molecule has 3 atom stereocenters. The number of rotatable bonds is 8. The minimum absolute atomic E-state index is 0.158. The number of ether oxygens (including phenoxy) is 1. The van der Waals surface area contributed by atoms with Crippen molar-refractivity contribution in [2.45, 2.75) is 31.7 Å². The molecule has 1 aliphatic heterocycles. The van der Waals surface area contributed by atoms with E-state index in [1.54, 1.807) is 23.7 Å². The molecule has 32 heavy (non-hydrogen) atoms. The molecular formula is C25H32FN3O3. The lowest BCUT2D eigenvalue weighted by atomic mass is 10.0. The second-order valence-electron chi connectivity index (χ2n) is 8.91. The Labute approximate surface area is 188 Å². The lowest BCUT2D eigenvalue weighted by molar-refractivity contribution is -0.130. The molecule has 0 bridgehead atoms. The van der Waals surface area contributed by atoms with Gasteiger partial charge in [-0.05, 0) is 43.2 Å². The summed E-state index contributed by atoms with van der Waals surface area (Å²) in [7, 11) is 0. The highest BCUT2D eigenvalue weighted by molar-refractivity contribution is 5.84. The molecule has 1 amide bonds. The number of hydrogen-bond acceptors (Lipinski definition) is 5. The van der Waals surface area contributed by atoms with Crippen LogP contribution >= 0.6 is 0 Å². The second-order valence-corrected chi connectivity index (χ2v) is 8.91. The molecule has 2 aromatic rings. The highest BCUT2D eigenvalue weighted by atomic mass is 19.1. The molecule has 2 fully saturated rings. The Morgan fingerprint density at radius 3 is 2.47 bits per heavy atom. The van der Waals surface area contributed by atoms with Crippen LogP contribution in [0, 0.1) is 11.7 Å². The molecule has 1 saturated heterocycles. The SMILES string of the molecule is CC(C)N(CCN1CCOCC1)c1ccc(C2C(C(=O)NO)C2c2ccccc2F)cc1. The number of hydroxylamine groups is 1. The Balaban J connectivity index is 1.49. The van der Waals surface area contributed by atoms with E-state index in [2.05, 4.69) is 35.8 Å². The normalized spacial score (nSPS) is 23.2. The number of morpholine rings is 1. The summed E-state index contributed by atoms with van der Waals surface area (Å²) in [6, 6.07) is 15.1. The Bertz CT molecular complexity index is 915. The molecule has 0 radical (unpaired) electrons. The topological polar surface area (TPSA) is 65.0 Å². The first-order valence-electron chi connectivity index (χ1n) is 11.4. The molecule has 2 N–H and O–H groups in total. The first-order valence-corrected chi connectivity index (χ1v) is 11.4. The third-order valence-electron chi connectivity index (χ3n) is 6.69. The average molecular weight is 442 g/mol. The van der Waals surface area contributed by atoms with Gasteiger partial charge in [0.25, 0.3) is 0 Å². The maximum atomic E-state index is 14.4. The van der Waals surface area contributed by atoms with E-state index in [-0.39, 0.29) is 17.7 Å². The predicted molar refractivity (Wildman–Crippen MR) is 121 cm³/mol. The van der Waals surface area contributed by atoms with Crippen molar-refractivity contribution >= 4 is 11.6 Å². The van der Waals surface area contributed by atoms with E-state index < -0.39 is 11.8 Å². The van der Waals surface area contributed by atoms with Crippen LogP contribution in [0.15, 0.2) is 48.5 Å². The average Bonchev–Trinajstić information content (AvgIpc) is 3.55. The fourth-order valence-electron chi connectivity index (χ4n) is 4.91. The van der Waals surface area contributed by atoms with Crippen LogP contribution in [0.1, 0.15) is 36.8 Å². The van der Waals surface area contributed by atoms with Crippen molar-refractivity contribution in [3.8, 4) is 0 Å². The monoisotopic (exact) mass is 441 g/mol. The van der Waals surface area contributed by atoms with Gasteiger partial charge in [-0.3, -0.25) is 14.9 Å². The first-order chi connectivity index (χ1) is 15.5. The zero-order valence-electron chi connectivity index (χ0n) is 18.7. The van der Waals surface area contributed by atoms with Gasteiger partial charge in [0.05, 0.1) is 19.1 Å². The van der Waals surface area contributed by atoms with Crippen LogP contribution in [0.5, 0.6) is 0 Å². The molecule has 1 aliphatic carbocycles. The number of amides is 1. The largest absolute Gasteiger partial charge is 0.379 e. The number of nitrogens with one attached hydrogen (secondary N) is 1. The fourth-order valence-corrected chi connectivity index (χ4v) is 4.91. The summed E-state index contributed by atoms with van der Waals surface area (Å²) >= 11 is 0. The zero-order chi connectivity index (χ0) is 22.7. The molecule has 4 rings (SSSR count). The van der Waals surface area contributed by atoms with Crippen LogP contribution in [0.4, 0.5) is 10.1 Å². The summed E-state index contributed by atoms with van der Waals surface area (Å²) in [6.07, 6.45) is 0. The molecule has 7 heteroatoms. The van der Waals surface area contributed by atoms with Crippen molar-refractivity contribution in [1.29, 1.82) is 0 Å². The van der Waals surface area contributed by atoms with Crippen molar-refractivity contribution in [1.82, 2.24) is 10.4 Å². The second kappa shape index (κ2) is 9.98. The number of carbonyl (C=O) groups excluding carboxylic acids is 1. The third-order valence-corrected chi connectivity index (χ3v) is 6.69. The fraction of sp³-hybridized carbons (Fsp3) is 0.480. The number of carbonyl (C=O) groups is 1. The third kappa shape index (κ3) is 4.80. The number of benzene rings is 2. The van der Waals surface area contributed by atoms with Gasteiger partial charge in [0.2, 0.25) is 5.91 Å². The Kier molecular flexibility index (Phi) is 7.08. The van der Waals surface area contributed by atoms with Crippen LogP contribution in [0.2, 0.25) is 0 Å². The number of anilines is 1. The lowest BCUT2D eigenvalue weighted by Crippen LogP contribution is -2.43. The van der Waals surface area contributed by atoms with E-state index in [1.807, 2.05) is 12.1 Å². The predicted octanol–water partition coefficient (Wildman–Crippen LogP) is 3.38. The standard InChI is InChI=1S/C25H32FN3O3/c1-17(2)29(12-11-28-13-15-32-16-14-28)19-9-7-18(8-10-19)22-23(24(22)25(30)27-31)20-5-3-4-6-21(20)26/h3-10,17,22-24,31H,11-16H2,1-2H3,(H,27,30). The van der Waals surface area contributed by atoms with E-state index in [0.717, 1.165) is 50.6 Å². The molecule has 2 aliphatic rings. The highest BCUT2D eigenvalue weighted by Crippen LogP contribution is 2.61. The van der Waals surface area contributed by atoms with E-state index in [0.29, 0.717) is 11.6 Å². The Morgan fingerprint density at radius 1 is 1.16 bits per heavy atom. The van der Waals surface area contributed by atoms with Gasteiger partial charge in [-0.2, -0.15) is 0 Å². The molecule has 0 aromatic heterocycles. The zero-order valence-corrected chi connectivity index (χ0v) is 18.7. The van der Waals surface area contributed by atoms with Gasteiger partial charge in [-0.25, -0.2) is 9.87 Å². The number of hydrogen-bond donors (Lipinski definition) is 2. The maximum absolute atomic E-state index is 14.4. The summed E-state index contributed by atoms with van der Waals surface area (Å²) in [6.45, 7) is 9.81. The van der Waals surface area contributed by atoms with E-state index in [1.165, 1.54) is 6.07 Å². The molecule has 1 saturated carbocycles. The molecule has 1 heterocycles. The van der Waals surface area contributed by atoms with Crippen molar-refractivity contribution < 1.29 is 19.1 Å². The first kappa shape index (κ1) is 22.7. The van der Waals surface area contributed by atoms with Crippen LogP contribution in [0.25, 0.3) is 0 Å². The van der Waals surface area contributed by atoms with Crippen LogP contribution in [0.3, 0.4) is 0 Å². The van der Waals surface area contributed by atoms with E-state index >= 15 is 0 Å². The van der Waals surface area contributed by atoms with E-state index in [4.69, 9.17) is 4.74 Å². The summed E-state index contributed by atoms with van der Waals surface area (Å²) in [5.74, 6) is -1.71. The lowest BCUT2D eigenvalue weighted by Gasteiger charge is -2.33. The number of nitrogens with zero attached hydrogens (tertiary/aromatic N) is 2. The van der Waals surface area contributed by atoms with Crippen molar-refractivity contribution in [2.75, 3.05) is 44.3 Å². The number of halogens is 1. The van der Waals surface area contributed by atoms with Crippen molar-refractivity contribution in [2.24, 2.45) is 5.92 Å². The smallest absolute Gasteiger partial charge is 0.247 e. The van der Waals surface area contributed by atoms with Gasteiger partial charge in [0, 0.05) is 49.7 Å². The van der Waals surface area contributed by atoms with E-state index in [9.17, 15) is 14.4 Å². The summed E-state index contributed by atoms with van der Waals surface area (Å²) in [4.78, 5) is 17.0. The minimum atomic E-state index is -0.481. The van der Waals surface area contributed by atoms with Gasteiger partial charge in [-0.1, -0.05) is 30.3 Å². The molecule has 6 nitrogen and oxygen atoms in total. The summed E-state index contributed by atoms with van der Waals surface area (Å²) in [5.41, 5.74) is 4.38. The summed E-state index contributed by atoms with van der Waals surface area (Å²) < 4.78 is 19.8. The van der Waals surface area contributed by atoms with Crippen molar-refractivity contribution in [3.05, 3.63) is 65.5 Å². The van der Waals surface area contributed by atoms with Gasteiger partial charge < -0.3 is 9.64 Å². The van der Waals surface area contributed by atoms with Crippen LogP contribution in [-0.2, 0) is 9.53 Å². The van der Waals surface area contributed by atoms with Gasteiger partial charge in [-0.15, -0.1) is 0 Å². The molecule has 2 aromatic carbocycles. The quantitative estimate of drug-likeness (QED) is 0.486.